The Bertz CT molecular complexity index is 644. The summed E-state index contributed by atoms with van der Waals surface area (Å²) in [6.07, 6.45) is -0.454. The van der Waals surface area contributed by atoms with Gasteiger partial charge in [-0.3, -0.25) is 4.90 Å². The van der Waals surface area contributed by atoms with E-state index in [-0.39, 0.29) is 0 Å². The van der Waals surface area contributed by atoms with Crippen molar-refractivity contribution in [2.75, 3.05) is 23.8 Å². The lowest BCUT2D eigenvalue weighted by Gasteiger charge is -2.13. The van der Waals surface area contributed by atoms with Gasteiger partial charge in [-0.25, -0.2) is 14.2 Å². The maximum Gasteiger partial charge on any atom is 0.414 e. The summed E-state index contributed by atoms with van der Waals surface area (Å²) >= 11 is 1.25. The highest BCUT2D eigenvalue weighted by Crippen LogP contribution is 2.29. The van der Waals surface area contributed by atoms with E-state index < -0.39 is 11.9 Å². The maximum absolute atomic E-state index is 14.1. The van der Waals surface area contributed by atoms with Gasteiger partial charge >= 0.3 is 6.09 Å². The molecule has 5 nitrogen and oxygen atoms in total. The van der Waals surface area contributed by atoms with Gasteiger partial charge in [0.1, 0.15) is 12.4 Å². The van der Waals surface area contributed by atoms with Crippen molar-refractivity contribution in [3.63, 3.8) is 0 Å². The molecule has 0 spiro atoms. The van der Waals surface area contributed by atoms with Crippen LogP contribution in [0, 0.1) is 5.82 Å². The molecule has 19 heavy (non-hydrogen) atoms. The largest absolute Gasteiger partial charge is 0.447 e. The number of thiazole rings is 1. The number of nitrogen functional groups attached to an aromatic ring is 1. The molecule has 2 aromatic rings. The molecular formula is C12H10FN3O2S. The second-order valence-corrected chi connectivity index (χ2v) is 4.89. The fraction of sp³-hybridized carbons (Fsp3) is 0.167. The van der Waals surface area contributed by atoms with E-state index >= 15 is 0 Å². The highest BCUT2D eigenvalue weighted by Gasteiger charge is 2.24. The third-order valence-corrected chi connectivity index (χ3v) is 3.50. The molecule has 0 radical (unpaired) electrons. The first kappa shape index (κ1) is 11.9. The van der Waals surface area contributed by atoms with Crippen molar-refractivity contribution in [2.45, 2.75) is 0 Å². The number of anilines is 2. The number of amides is 1. The molecule has 98 valence electrons. The Hall–Kier alpha value is -2.15. The summed E-state index contributed by atoms with van der Waals surface area (Å²) in [5.41, 5.74) is 6.87. The maximum atomic E-state index is 14.1. The van der Waals surface area contributed by atoms with E-state index in [2.05, 4.69) is 4.98 Å². The number of halogens is 1. The van der Waals surface area contributed by atoms with E-state index in [0.717, 1.165) is 0 Å². The third kappa shape index (κ3) is 2.12. The van der Waals surface area contributed by atoms with E-state index in [1.165, 1.54) is 22.3 Å². The van der Waals surface area contributed by atoms with Crippen LogP contribution in [0.2, 0.25) is 0 Å². The molecule has 1 aromatic heterocycles. The molecule has 3 rings (SSSR count). The van der Waals surface area contributed by atoms with Gasteiger partial charge in [0.25, 0.3) is 0 Å². The number of nitrogens with two attached hydrogens (primary N) is 1. The van der Waals surface area contributed by atoms with E-state index in [4.69, 9.17) is 10.5 Å². The van der Waals surface area contributed by atoms with Crippen LogP contribution in [0.5, 0.6) is 0 Å². The number of carbonyl (C=O) groups is 1. The first-order valence-corrected chi connectivity index (χ1v) is 6.48. The van der Waals surface area contributed by atoms with E-state index in [1.54, 1.807) is 17.5 Å². The van der Waals surface area contributed by atoms with Crippen LogP contribution in [0.3, 0.4) is 0 Å². The number of hydrogen-bond acceptors (Lipinski definition) is 5. The smallest absolute Gasteiger partial charge is 0.414 e. The van der Waals surface area contributed by atoms with Crippen LogP contribution in [0.25, 0.3) is 11.3 Å². The molecule has 0 aliphatic carbocycles. The number of cyclic esters (lactones) is 1. The molecule has 0 atom stereocenters. The standard InChI is InChI=1S/C12H10FN3O2S/c13-9-5-7(16-3-4-18-12(16)17)1-2-8(9)10-6-19-11(14)15-10/h1-2,5-6H,3-4H2,(H2,14,15). The molecule has 1 amide bonds. The Labute approximate surface area is 112 Å². The van der Waals surface area contributed by atoms with Crippen LogP contribution in [-0.4, -0.2) is 24.2 Å². The minimum absolute atomic E-state index is 0.324. The number of carbonyl (C=O) groups excluding carboxylic acids is 1. The second kappa shape index (κ2) is 4.51. The lowest BCUT2D eigenvalue weighted by atomic mass is 10.1. The monoisotopic (exact) mass is 279 g/mol. The zero-order chi connectivity index (χ0) is 13.4. The summed E-state index contributed by atoms with van der Waals surface area (Å²) in [7, 11) is 0. The fourth-order valence-corrected chi connectivity index (χ4v) is 2.48. The second-order valence-electron chi connectivity index (χ2n) is 4.00. The average Bonchev–Trinajstić information content (AvgIpc) is 2.98. The van der Waals surface area contributed by atoms with Crippen LogP contribution in [0.4, 0.5) is 20.0 Å². The minimum Gasteiger partial charge on any atom is -0.447 e. The highest BCUT2D eigenvalue weighted by molar-refractivity contribution is 7.13. The van der Waals surface area contributed by atoms with Crippen molar-refractivity contribution >= 4 is 28.2 Å². The van der Waals surface area contributed by atoms with Gasteiger partial charge in [0.2, 0.25) is 0 Å². The summed E-state index contributed by atoms with van der Waals surface area (Å²) in [6.45, 7) is 0.756. The number of benzene rings is 1. The molecule has 7 heteroatoms. The minimum atomic E-state index is -0.454. The number of ether oxygens (including phenoxy) is 1. The van der Waals surface area contributed by atoms with Gasteiger partial charge < -0.3 is 10.5 Å². The van der Waals surface area contributed by atoms with Gasteiger partial charge in [-0.1, -0.05) is 0 Å². The van der Waals surface area contributed by atoms with E-state index in [9.17, 15) is 9.18 Å². The molecule has 1 aliphatic rings. The molecule has 2 N–H and O–H groups in total. The Balaban J connectivity index is 1.96. The normalized spacial score (nSPS) is 14.8. The van der Waals surface area contributed by atoms with E-state index in [1.807, 2.05) is 0 Å². The zero-order valence-corrected chi connectivity index (χ0v) is 10.6. The molecule has 0 unspecified atom stereocenters. The van der Waals surface area contributed by atoms with E-state index in [0.29, 0.717) is 35.2 Å². The third-order valence-electron chi connectivity index (χ3n) is 2.82. The van der Waals surface area contributed by atoms with Crippen LogP contribution >= 0.6 is 11.3 Å². The Morgan fingerprint density at radius 1 is 1.47 bits per heavy atom. The lowest BCUT2D eigenvalue weighted by Crippen LogP contribution is -2.23. The summed E-state index contributed by atoms with van der Waals surface area (Å²) in [5, 5.41) is 2.08. The highest BCUT2D eigenvalue weighted by atomic mass is 32.1. The van der Waals surface area contributed by atoms with Gasteiger partial charge in [-0.15, -0.1) is 11.3 Å². The molecule has 0 saturated carbocycles. The number of hydrogen-bond donors (Lipinski definition) is 1. The SMILES string of the molecule is Nc1nc(-c2ccc(N3CCOC3=O)cc2F)cs1. The summed E-state index contributed by atoms with van der Waals surface area (Å²) in [5.74, 6) is -0.442. The molecule has 1 saturated heterocycles. The molecule has 1 aromatic carbocycles. The molecule has 2 heterocycles. The predicted molar refractivity (Wildman–Crippen MR) is 70.6 cm³/mol. The quantitative estimate of drug-likeness (QED) is 0.917. The van der Waals surface area contributed by atoms with Crippen LogP contribution in [-0.2, 0) is 4.74 Å². The first-order chi connectivity index (χ1) is 9.15. The number of nitrogens with zero attached hydrogens (tertiary/aromatic N) is 2. The molecule has 0 bridgehead atoms. The number of aromatic nitrogens is 1. The summed E-state index contributed by atoms with van der Waals surface area (Å²) < 4.78 is 18.9. The van der Waals surface area contributed by atoms with Crippen molar-refractivity contribution in [3.8, 4) is 11.3 Å². The van der Waals surface area contributed by atoms with Crippen LogP contribution in [0.15, 0.2) is 23.6 Å². The van der Waals surface area contributed by atoms with Crippen molar-refractivity contribution in [3.05, 3.63) is 29.4 Å². The molecule has 1 fully saturated rings. The Kier molecular flexibility index (Phi) is 2.83. The van der Waals surface area contributed by atoms with Crippen LogP contribution in [0.1, 0.15) is 0 Å². The van der Waals surface area contributed by atoms with Gasteiger partial charge in [-0.2, -0.15) is 0 Å². The number of rotatable bonds is 2. The summed E-state index contributed by atoms with van der Waals surface area (Å²) in [4.78, 5) is 16.8. The predicted octanol–water partition coefficient (Wildman–Crippen LogP) is 2.49. The van der Waals surface area contributed by atoms with Gasteiger partial charge in [0.15, 0.2) is 5.13 Å². The lowest BCUT2D eigenvalue weighted by molar-refractivity contribution is 0.181. The van der Waals surface area contributed by atoms with Crippen molar-refractivity contribution in [2.24, 2.45) is 0 Å². The zero-order valence-electron chi connectivity index (χ0n) is 9.80. The Morgan fingerprint density at radius 2 is 2.32 bits per heavy atom. The Morgan fingerprint density at radius 3 is 2.89 bits per heavy atom. The van der Waals surface area contributed by atoms with Crippen molar-refractivity contribution in [1.82, 2.24) is 4.98 Å². The average molecular weight is 279 g/mol. The van der Waals surface area contributed by atoms with Crippen molar-refractivity contribution < 1.29 is 13.9 Å². The molecule has 1 aliphatic heterocycles. The topological polar surface area (TPSA) is 68.4 Å². The van der Waals surface area contributed by atoms with Crippen LogP contribution < -0.4 is 10.6 Å². The summed E-state index contributed by atoms with van der Waals surface area (Å²) in [6, 6.07) is 4.56. The van der Waals surface area contributed by atoms with Crippen molar-refractivity contribution in [1.29, 1.82) is 0 Å². The molecular weight excluding hydrogens is 269 g/mol. The fourth-order valence-electron chi connectivity index (χ4n) is 1.92. The van der Waals surface area contributed by atoms with Gasteiger partial charge in [0.05, 0.1) is 17.9 Å². The van der Waals surface area contributed by atoms with Gasteiger partial charge in [0, 0.05) is 10.9 Å². The first-order valence-electron chi connectivity index (χ1n) is 5.60. The van der Waals surface area contributed by atoms with Gasteiger partial charge in [-0.05, 0) is 18.2 Å².